The van der Waals surface area contributed by atoms with E-state index in [2.05, 4.69) is 8.92 Å². The van der Waals surface area contributed by atoms with Gasteiger partial charge >= 0.3 is 24.1 Å². The molecule has 13 heteroatoms. The van der Waals surface area contributed by atoms with E-state index in [9.17, 15) is 31.0 Å². The Morgan fingerprint density at radius 3 is 2.44 bits per heavy atom. The van der Waals surface area contributed by atoms with Crippen molar-refractivity contribution in [2.45, 2.75) is 36.9 Å². The SMILES string of the molecule is CCSc1cccc(OC(F)(F)F)c1S(=O)(=O)OCP(=O)(O)OCC(C)C. The minimum absolute atomic E-state index is 0.0462. The molecule has 27 heavy (non-hydrogen) atoms. The summed E-state index contributed by atoms with van der Waals surface area (Å²) in [4.78, 5) is 8.72. The minimum Gasteiger partial charge on any atom is -0.404 e. The van der Waals surface area contributed by atoms with Crippen molar-refractivity contribution >= 4 is 29.5 Å². The molecule has 0 amide bonds. The van der Waals surface area contributed by atoms with Crippen LogP contribution in [0.1, 0.15) is 20.8 Å². The lowest BCUT2D eigenvalue weighted by Gasteiger charge is -2.17. The predicted molar refractivity (Wildman–Crippen MR) is 93.3 cm³/mol. The highest BCUT2D eigenvalue weighted by atomic mass is 32.2. The number of hydrogen-bond donors (Lipinski definition) is 1. The van der Waals surface area contributed by atoms with Crippen LogP contribution in [0.4, 0.5) is 13.2 Å². The fourth-order valence-corrected chi connectivity index (χ4v) is 5.40. The molecule has 1 aromatic carbocycles. The van der Waals surface area contributed by atoms with Gasteiger partial charge in [-0.1, -0.05) is 26.8 Å². The smallest absolute Gasteiger partial charge is 0.404 e. The third kappa shape index (κ3) is 8.41. The Hall–Kier alpha value is -0.780. The minimum atomic E-state index is -5.13. The van der Waals surface area contributed by atoms with Crippen LogP contribution in [0.5, 0.6) is 5.75 Å². The quantitative estimate of drug-likeness (QED) is 0.320. The average molecular weight is 452 g/mol. The van der Waals surface area contributed by atoms with Crippen molar-refractivity contribution < 1.29 is 44.5 Å². The summed E-state index contributed by atoms with van der Waals surface area (Å²) in [6.45, 7) is 4.95. The number of benzene rings is 1. The molecule has 1 aromatic rings. The van der Waals surface area contributed by atoms with Gasteiger partial charge < -0.3 is 14.2 Å². The molecule has 1 atom stereocenters. The zero-order valence-corrected chi connectivity index (χ0v) is 17.3. The third-order valence-electron chi connectivity index (χ3n) is 2.70. The van der Waals surface area contributed by atoms with Gasteiger partial charge in [-0.25, -0.2) is 0 Å². The first-order chi connectivity index (χ1) is 12.3. The van der Waals surface area contributed by atoms with Gasteiger partial charge in [-0.15, -0.1) is 24.9 Å². The summed E-state index contributed by atoms with van der Waals surface area (Å²) in [5.74, 6) is -0.735. The second-order valence-corrected chi connectivity index (χ2v) is 10.2. The molecular formula is C14H20F3O7PS2. The third-order valence-corrected chi connectivity index (χ3v) is 6.30. The van der Waals surface area contributed by atoms with Crippen molar-refractivity contribution in [3.05, 3.63) is 18.2 Å². The van der Waals surface area contributed by atoms with Crippen molar-refractivity contribution in [2.24, 2.45) is 5.92 Å². The maximum absolute atomic E-state index is 12.6. The molecule has 0 aromatic heterocycles. The Labute approximate surface area is 159 Å². The fourth-order valence-electron chi connectivity index (χ4n) is 1.71. The van der Waals surface area contributed by atoms with Crippen LogP contribution < -0.4 is 4.74 Å². The van der Waals surface area contributed by atoms with E-state index in [-0.39, 0.29) is 17.4 Å². The summed E-state index contributed by atoms with van der Waals surface area (Å²) in [5.41, 5.74) is 0. The number of hydrogen-bond acceptors (Lipinski definition) is 7. The summed E-state index contributed by atoms with van der Waals surface area (Å²) < 4.78 is 87.6. The molecular weight excluding hydrogens is 432 g/mol. The van der Waals surface area contributed by atoms with Crippen LogP contribution in [0.15, 0.2) is 28.0 Å². The van der Waals surface area contributed by atoms with E-state index in [0.29, 0.717) is 5.75 Å². The summed E-state index contributed by atoms with van der Waals surface area (Å²) in [5, 5.41) is 0. The molecule has 0 aliphatic rings. The van der Waals surface area contributed by atoms with E-state index in [1.807, 2.05) is 0 Å². The molecule has 1 unspecified atom stereocenters. The van der Waals surface area contributed by atoms with Gasteiger partial charge in [-0.2, -0.15) is 8.42 Å². The summed E-state index contributed by atoms with van der Waals surface area (Å²) in [6, 6.07) is 3.29. The zero-order valence-electron chi connectivity index (χ0n) is 14.7. The molecule has 0 spiro atoms. The number of rotatable bonds is 10. The maximum Gasteiger partial charge on any atom is 0.573 e. The molecule has 0 saturated heterocycles. The molecule has 7 nitrogen and oxygen atoms in total. The Bertz CT molecular complexity index is 781. The summed E-state index contributed by atoms with van der Waals surface area (Å²) in [6.07, 6.45) is -6.37. The molecule has 0 fully saturated rings. The second-order valence-electron chi connectivity index (χ2n) is 5.59. The van der Waals surface area contributed by atoms with Crippen molar-refractivity contribution in [3.8, 4) is 5.75 Å². The molecule has 0 bridgehead atoms. The normalized spacial score (nSPS) is 15.0. The van der Waals surface area contributed by atoms with Crippen LogP contribution in [0.3, 0.4) is 0 Å². The lowest BCUT2D eigenvalue weighted by Crippen LogP contribution is -2.20. The summed E-state index contributed by atoms with van der Waals surface area (Å²) in [7, 11) is -9.27. The van der Waals surface area contributed by atoms with Crippen molar-refractivity contribution in [1.29, 1.82) is 0 Å². The highest BCUT2D eigenvalue weighted by Crippen LogP contribution is 2.44. The standard InChI is InChI=1S/C14H20F3O7PS2/c1-4-26-12-7-5-6-11(24-14(15,16)17)13(12)27(20,21)23-9-25(18,19)22-8-10(2)3/h5-7,10H,4,8-9H2,1-3H3,(H,18,19). The Kier molecular flexibility index (Phi) is 8.64. The molecule has 0 aliphatic heterocycles. The van der Waals surface area contributed by atoms with Crippen molar-refractivity contribution in [3.63, 3.8) is 0 Å². The van der Waals surface area contributed by atoms with Gasteiger partial charge in [0, 0.05) is 4.90 Å². The Morgan fingerprint density at radius 1 is 1.30 bits per heavy atom. The lowest BCUT2D eigenvalue weighted by atomic mass is 10.2. The van der Waals surface area contributed by atoms with Gasteiger partial charge in [-0.3, -0.25) is 8.75 Å². The van der Waals surface area contributed by atoms with E-state index in [1.54, 1.807) is 20.8 Å². The van der Waals surface area contributed by atoms with Gasteiger partial charge in [0.15, 0.2) is 12.1 Å². The number of ether oxygens (including phenoxy) is 1. The molecule has 0 heterocycles. The van der Waals surface area contributed by atoms with Gasteiger partial charge in [-0.05, 0) is 23.8 Å². The maximum atomic E-state index is 12.6. The highest BCUT2D eigenvalue weighted by Gasteiger charge is 2.36. The van der Waals surface area contributed by atoms with E-state index in [0.717, 1.165) is 17.8 Å². The molecule has 1 rings (SSSR count). The first-order valence-electron chi connectivity index (χ1n) is 7.64. The number of halogens is 3. The van der Waals surface area contributed by atoms with Crippen LogP contribution in [-0.2, 0) is 23.4 Å². The van der Waals surface area contributed by atoms with Crippen LogP contribution in [-0.4, -0.2) is 38.4 Å². The number of thioether (sulfide) groups is 1. The predicted octanol–water partition coefficient (Wildman–Crippen LogP) is 4.22. The molecule has 1 N–H and O–H groups in total. The largest absolute Gasteiger partial charge is 0.573 e. The molecule has 0 saturated carbocycles. The van der Waals surface area contributed by atoms with E-state index in [4.69, 9.17) is 4.52 Å². The molecule has 156 valence electrons. The van der Waals surface area contributed by atoms with E-state index in [1.165, 1.54) is 12.1 Å². The van der Waals surface area contributed by atoms with Crippen LogP contribution >= 0.6 is 19.4 Å². The van der Waals surface area contributed by atoms with Crippen LogP contribution in [0.25, 0.3) is 0 Å². The van der Waals surface area contributed by atoms with Crippen molar-refractivity contribution in [2.75, 3.05) is 18.7 Å². The van der Waals surface area contributed by atoms with Gasteiger partial charge in [0.1, 0.15) is 4.90 Å². The van der Waals surface area contributed by atoms with Gasteiger partial charge in [0.05, 0.1) is 6.61 Å². The fraction of sp³-hybridized carbons (Fsp3) is 0.571. The molecule has 0 radical (unpaired) electrons. The van der Waals surface area contributed by atoms with Gasteiger partial charge in [0.25, 0.3) is 0 Å². The van der Waals surface area contributed by atoms with Gasteiger partial charge in [0.2, 0.25) is 0 Å². The topological polar surface area (TPSA) is 99.1 Å². The van der Waals surface area contributed by atoms with Crippen LogP contribution in [0.2, 0.25) is 0 Å². The van der Waals surface area contributed by atoms with E-state index >= 15 is 0 Å². The highest BCUT2D eigenvalue weighted by molar-refractivity contribution is 8.00. The zero-order chi connectivity index (χ0) is 20.9. The monoisotopic (exact) mass is 452 g/mol. The first-order valence-corrected chi connectivity index (χ1v) is 11.8. The number of alkyl halides is 3. The lowest BCUT2D eigenvalue weighted by molar-refractivity contribution is -0.275. The average Bonchev–Trinajstić information content (AvgIpc) is 2.50. The first kappa shape index (κ1) is 24.3. The van der Waals surface area contributed by atoms with Crippen molar-refractivity contribution in [1.82, 2.24) is 0 Å². The Morgan fingerprint density at radius 2 is 1.93 bits per heavy atom. The van der Waals surface area contributed by atoms with E-state index < -0.39 is 41.1 Å². The Balaban J connectivity index is 3.18. The second kappa shape index (κ2) is 9.62. The molecule has 0 aliphatic carbocycles. The summed E-state index contributed by atoms with van der Waals surface area (Å²) >= 11 is 0.947. The van der Waals surface area contributed by atoms with Crippen LogP contribution in [0, 0.1) is 5.92 Å².